The van der Waals surface area contributed by atoms with Crippen molar-refractivity contribution in [2.75, 3.05) is 12.0 Å². The second-order valence-electron chi connectivity index (χ2n) is 6.78. The van der Waals surface area contributed by atoms with Crippen LogP contribution >= 0.6 is 11.3 Å². The third kappa shape index (κ3) is 4.54. The zero-order chi connectivity index (χ0) is 22.0. The predicted octanol–water partition coefficient (Wildman–Crippen LogP) is 6.17. The van der Waals surface area contributed by atoms with Crippen LogP contribution in [0, 0.1) is 0 Å². The SMILES string of the molecule is COc1ccc2sc(N(Cc3ccccc3)C(=O)c3ccc(C(F)(F)F)cc3)nc2c1. The smallest absolute Gasteiger partial charge is 0.416 e. The van der Waals surface area contributed by atoms with Crippen LogP contribution in [0.4, 0.5) is 18.3 Å². The van der Waals surface area contributed by atoms with Crippen molar-refractivity contribution in [3.63, 3.8) is 0 Å². The lowest BCUT2D eigenvalue weighted by atomic mass is 10.1. The molecule has 1 amide bonds. The molecule has 8 heteroatoms. The van der Waals surface area contributed by atoms with Crippen molar-refractivity contribution in [1.29, 1.82) is 0 Å². The Morgan fingerprint density at radius 1 is 1.03 bits per heavy atom. The number of carbonyl (C=O) groups excluding carboxylic acids is 1. The molecule has 4 rings (SSSR count). The summed E-state index contributed by atoms with van der Waals surface area (Å²) in [4.78, 5) is 19.4. The van der Waals surface area contributed by atoms with Crippen LogP contribution in [0.25, 0.3) is 10.2 Å². The number of benzene rings is 3. The summed E-state index contributed by atoms with van der Waals surface area (Å²) in [5, 5.41) is 0.456. The highest BCUT2D eigenvalue weighted by molar-refractivity contribution is 7.22. The summed E-state index contributed by atoms with van der Waals surface area (Å²) >= 11 is 1.33. The minimum Gasteiger partial charge on any atom is -0.497 e. The Balaban J connectivity index is 1.73. The maximum absolute atomic E-state index is 13.3. The number of hydrogen-bond donors (Lipinski definition) is 0. The first-order chi connectivity index (χ1) is 14.8. The van der Waals surface area contributed by atoms with E-state index >= 15 is 0 Å². The van der Waals surface area contributed by atoms with Crippen LogP contribution in [0.5, 0.6) is 5.75 Å². The Labute approximate surface area is 180 Å². The van der Waals surface area contributed by atoms with Crippen LogP contribution in [-0.2, 0) is 12.7 Å². The van der Waals surface area contributed by atoms with E-state index in [1.165, 1.54) is 28.4 Å². The molecule has 0 atom stereocenters. The van der Waals surface area contributed by atoms with E-state index in [-0.39, 0.29) is 12.1 Å². The number of anilines is 1. The lowest BCUT2D eigenvalue weighted by Crippen LogP contribution is -2.30. The summed E-state index contributed by atoms with van der Waals surface area (Å²) in [5.41, 5.74) is 0.906. The molecule has 0 aliphatic heterocycles. The maximum atomic E-state index is 13.3. The van der Waals surface area contributed by atoms with Gasteiger partial charge in [0.15, 0.2) is 5.13 Å². The second-order valence-corrected chi connectivity index (χ2v) is 7.79. The first kappa shape index (κ1) is 20.9. The normalized spacial score (nSPS) is 11.5. The monoisotopic (exact) mass is 442 g/mol. The molecule has 0 aliphatic carbocycles. The molecule has 1 heterocycles. The first-order valence-corrected chi connectivity index (χ1v) is 10.1. The molecule has 158 valence electrons. The Kier molecular flexibility index (Phi) is 5.65. The Hall–Kier alpha value is -3.39. The molecule has 4 aromatic rings. The van der Waals surface area contributed by atoms with Crippen molar-refractivity contribution >= 4 is 32.6 Å². The third-order valence-corrected chi connectivity index (χ3v) is 5.76. The van der Waals surface area contributed by atoms with E-state index in [1.807, 2.05) is 42.5 Å². The van der Waals surface area contributed by atoms with E-state index in [2.05, 4.69) is 4.98 Å². The third-order valence-electron chi connectivity index (χ3n) is 4.70. The molecule has 3 aromatic carbocycles. The van der Waals surface area contributed by atoms with E-state index in [9.17, 15) is 18.0 Å². The van der Waals surface area contributed by atoms with Gasteiger partial charge in [0.2, 0.25) is 0 Å². The molecular formula is C23H17F3N2O2S. The van der Waals surface area contributed by atoms with Crippen molar-refractivity contribution in [2.24, 2.45) is 0 Å². The van der Waals surface area contributed by atoms with Gasteiger partial charge in [-0.05, 0) is 42.0 Å². The van der Waals surface area contributed by atoms with Gasteiger partial charge in [0.25, 0.3) is 5.91 Å². The molecule has 0 bridgehead atoms. The number of methoxy groups -OCH3 is 1. The highest BCUT2D eigenvalue weighted by Gasteiger charge is 2.31. The summed E-state index contributed by atoms with van der Waals surface area (Å²) in [6.07, 6.45) is -4.46. The Bertz CT molecular complexity index is 1210. The molecule has 0 radical (unpaired) electrons. The number of nitrogens with zero attached hydrogens (tertiary/aromatic N) is 2. The topological polar surface area (TPSA) is 42.4 Å². The van der Waals surface area contributed by atoms with Crippen molar-refractivity contribution in [1.82, 2.24) is 4.98 Å². The Morgan fingerprint density at radius 2 is 1.74 bits per heavy atom. The highest BCUT2D eigenvalue weighted by Crippen LogP contribution is 2.33. The quantitative estimate of drug-likeness (QED) is 0.371. The standard InChI is InChI=1S/C23H17F3N2O2S/c1-30-18-11-12-20-19(13-18)27-22(31-20)28(14-15-5-3-2-4-6-15)21(29)16-7-9-17(10-8-16)23(24,25)26/h2-13H,14H2,1H3. The molecule has 1 aromatic heterocycles. The molecule has 0 N–H and O–H groups in total. The number of ether oxygens (including phenoxy) is 1. The van der Waals surface area contributed by atoms with Gasteiger partial charge in [-0.15, -0.1) is 0 Å². The zero-order valence-electron chi connectivity index (χ0n) is 16.4. The van der Waals surface area contributed by atoms with Crippen LogP contribution in [0.1, 0.15) is 21.5 Å². The summed E-state index contributed by atoms with van der Waals surface area (Å²) in [5.74, 6) is 0.219. The average Bonchev–Trinajstić information content (AvgIpc) is 3.20. The number of aromatic nitrogens is 1. The van der Waals surface area contributed by atoms with Crippen molar-refractivity contribution in [3.05, 3.63) is 89.5 Å². The number of hydrogen-bond acceptors (Lipinski definition) is 4. The number of fused-ring (bicyclic) bond motifs is 1. The van der Waals surface area contributed by atoms with Crippen LogP contribution in [-0.4, -0.2) is 18.0 Å². The lowest BCUT2D eigenvalue weighted by Gasteiger charge is -2.20. The van der Waals surface area contributed by atoms with E-state index in [4.69, 9.17) is 4.74 Å². The molecule has 0 unspecified atom stereocenters. The fraction of sp³-hybridized carbons (Fsp3) is 0.130. The van der Waals surface area contributed by atoms with E-state index in [0.29, 0.717) is 16.4 Å². The van der Waals surface area contributed by atoms with Crippen LogP contribution in [0.15, 0.2) is 72.8 Å². The molecule has 0 spiro atoms. The molecule has 0 saturated heterocycles. The molecule has 31 heavy (non-hydrogen) atoms. The fourth-order valence-corrected chi connectivity index (χ4v) is 4.03. The second kappa shape index (κ2) is 8.39. The van der Waals surface area contributed by atoms with Gasteiger partial charge in [0.1, 0.15) is 5.75 Å². The number of amides is 1. The number of rotatable bonds is 5. The minimum atomic E-state index is -4.46. The van der Waals surface area contributed by atoms with Crippen molar-refractivity contribution < 1.29 is 22.7 Å². The number of alkyl halides is 3. The zero-order valence-corrected chi connectivity index (χ0v) is 17.2. The molecule has 4 nitrogen and oxygen atoms in total. The minimum absolute atomic E-state index is 0.153. The van der Waals surface area contributed by atoms with E-state index < -0.39 is 17.6 Å². The maximum Gasteiger partial charge on any atom is 0.416 e. The average molecular weight is 442 g/mol. The lowest BCUT2D eigenvalue weighted by molar-refractivity contribution is -0.137. The number of thiazole rings is 1. The van der Waals surface area contributed by atoms with Gasteiger partial charge in [-0.1, -0.05) is 41.7 Å². The summed E-state index contributed by atoms with van der Waals surface area (Å²) < 4.78 is 44.8. The van der Waals surface area contributed by atoms with Gasteiger partial charge in [-0.3, -0.25) is 9.69 Å². The Morgan fingerprint density at radius 3 is 2.39 bits per heavy atom. The largest absolute Gasteiger partial charge is 0.497 e. The van der Waals surface area contributed by atoms with Gasteiger partial charge >= 0.3 is 6.18 Å². The van der Waals surface area contributed by atoms with Crippen molar-refractivity contribution in [2.45, 2.75) is 12.7 Å². The number of halogens is 3. The predicted molar refractivity (Wildman–Crippen MR) is 115 cm³/mol. The van der Waals surface area contributed by atoms with Gasteiger partial charge in [0, 0.05) is 11.6 Å². The summed E-state index contributed by atoms with van der Waals surface area (Å²) in [6, 6.07) is 19.0. The summed E-state index contributed by atoms with van der Waals surface area (Å²) in [7, 11) is 1.56. The molecule has 0 fully saturated rings. The van der Waals surface area contributed by atoms with Gasteiger partial charge < -0.3 is 4.74 Å². The van der Waals surface area contributed by atoms with Crippen LogP contribution in [0.2, 0.25) is 0 Å². The van der Waals surface area contributed by atoms with E-state index in [0.717, 1.165) is 22.4 Å². The highest BCUT2D eigenvalue weighted by atomic mass is 32.1. The first-order valence-electron chi connectivity index (χ1n) is 9.33. The number of carbonyl (C=O) groups is 1. The molecule has 0 aliphatic rings. The van der Waals surface area contributed by atoms with Crippen LogP contribution < -0.4 is 9.64 Å². The van der Waals surface area contributed by atoms with Gasteiger partial charge in [0.05, 0.1) is 29.4 Å². The van der Waals surface area contributed by atoms with Gasteiger partial charge in [-0.25, -0.2) is 4.98 Å². The molecule has 0 saturated carbocycles. The van der Waals surface area contributed by atoms with Gasteiger partial charge in [-0.2, -0.15) is 13.2 Å². The van der Waals surface area contributed by atoms with Crippen LogP contribution in [0.3, 0.4) is 0 Å². The summed E-state index contributed by atoms with van der Waals surface area (Å²) in [6.45, 7) is 0.234. The van der Waals surface area contributed by atoms with E-state index in [1.54, 1.807) is 13.2 Å². The van der Waals surface area contributed by atoms with Crippen molar-refractivity contribution in [3.8, 4) is 5.75 Å². The molecular weight excluding hydrogens is 425 g/mol. The fourth-order valence-electron chi connectivity index (χ4n) is 3.09.